The van der Waals surface area contributed by atoms with Crippen molar-refractivity contribution < 1.29 is 9.50 Å². The van der Waals surface area contributed by atoms with Crippen LogP contribution in [-0.2, 0) is 6.54 Å². The standard InChI is InChI=1S/C23H19FN6O/c24-17-9-7-15(8-10-17)19-18(13-30(29-19)11-4-12-31)20-21-23(26-14-25-20)28-22(27-21)16-5-2-1-3-6-16/h1-3,5-10,13-14,31H,4,11-12H2,(H,25,26,27,28). The van der Waals surface area contributed by atoms with E-state index in [2.05, 4.69) is 25.0 Å². The fourth-order valence-corrected chi connectivity index (χ4v) is 3.53. The summed E-state index contributed by atoms with van der Waals surface area (Å²) >= 11 is 0. The number of halogens is 1. The van der Waals surface area contributed by atoms with Crippen molar-refractivity contribution in [2.24, 2.45) is 0 Å². The normalized spacial score (nSPS) is 11.3. The van der Waals surface area contributed by atoms with Crippen LogP contribution in [0.25, 0.3) is 45.1 Å². The molecule has 5 aromatic rings. The maximum atomic E-state index is 13.5. The van der Waals surface area contributed by atoms with Crippen molar-refractivity contribution in [1.82, 2.24) is 29.7 Å². The van der Waals surface area contributed by atoms with E-state index in [0.29, 0.717) is 41.3 Å². The van der Waals surface area contributed by atoms with Gasteiger partial charge >= 0.3 is 0 Å². The molecule has 7 nitrogen and oxygen atoms in total. The Labute approximate surface area is 177 Å². The van der Waals surface area contributed by atoms with E-state index in [9.17, 15) is 9.50 Å². The van der Waals surface area contributed by atoms with E-state index in [1.807, 2.05) is 36.5 Å². The molecule has 5 rings (SSSR count). The fourth-order valence-electron chi connectivity index (χ4n) is 3.53. The molecular weight excluding hydrogens is 395 g/mol. The van der Waals surface area contributed by atoms with Gasteiger partial charge in [-0.15, -0.1) is 0 Å². The molecular formula is C23H19FN6O. The minimum atomic E-state index is -0.310. The summed E-state index contributed by atoms with van der Waals surface area (Å²) in [6.07, 6.45) is 3.94. The summed E-state index contributed by atoms with van der Waals surface area (Å²) in [7, 11) is 0. The molecule has 0 saturated carbocycles. The molecule has 0 amide bonds. The first-order chi connectivity index (χ1) is 15.2. The van der Waals surface area contributed by atoms with E-state index < -0.39 is 0 Å². The number of H-pyrrole nitrogens is 1. The Morgan fingerprint density at radius 3 is 2.52 bits per heavy atom. The maximum absolute atomic E-state index is 13.5. The zero-order chi connectivity index (χ0) is 21.2. The van der Waals surface area contributed by atoms with E-state index in [4.69, 9.17) is 0 Å². The molecule has 2 aromatic carbocycles. The molecule has 8 heteroatoms. The number of fused-ring (bicyclic) bond motifs is 1. The van der Waals surface area contributed by atoms with Crippen LogP contribution in [0.5, 0.6) is 0 Å². The number of nitrogens with zero attached hydrogens (tertiary/aromatic N) is 5. The monoisotopic (exact) mass is 414 g/mol. The number of hydrogen-bond donors (Lipinski definition) is 2. The quantitative estimate of drug-likeness (QED) is 0.437. The summed E-state index contributed by atoms with van der Waals surface area (Å²) in [5.41, 5.74) is 5.09. The molecule has 31 heavy (non-hydrogen) atoms. The number of aromatic amines is 1. The second kappa shape index (κ2) is 8.08. The summed E-state index contributed by atoms with van der Waals surface area (Å²) in [6.45, 7) is 0.622. The van der Waals surface area contributed by atoms with E-state index in [1.165, 1.54) is 18.5 Å². The number of benzene rings is 2. The first kappa shape index (κ1) is 19.1. The minimum Gasteiger partial charge on any atom is -0.396 e. The van der Waals surface area contributed by atoms with E-state index in [1.54, 1.807) is 16.8 Å². The molecule has 0 fully saturated rings. The van der Waals surface area contributed by atoms with Gasteiger partial charge in [0.2, 0.25) is 0 Å². The van der Waals surface area contributed by atoms with Gasteiger partial charge in [0, 0.05) is 36.0 Å². The zero-order valence-electron chi connectivity index (χ0n) is 16.5. The summed E-state index contributed by atoms with van der Waals surface area (Å²) in [5, 5.41) is 13.9. The Hall–Kier alpha value is -3.91. The molecule has 0 unspecified atom stereocenters. The van der Waals surface area contributed by atoms with Gasteiger partial charge in [0.25, 0.3) is 0 Å². The first-order valence-electron chi connectivity index (χ1n) is 9.93. The molecule has 0 spiro atoms. The van der Waals surface area contributed by atoms with Gasteiger partial charge in [-0.05, 0) is 30.7 Å². The molecule has 0 aliphatic rings. The lowest BCUT2D eigenvalue weighted by atomic mass is 10.1. The van der Waals surface area contributed by atoms with Crippen LogP contribution in [0.1, 0.15) is 6.42 Å². The average molecular weight is 414 g/mol. The Balaban J connectivity index is 1.67. The molecule has 0 saturated heterocycles. The second-order valence-corrected chi connectivity index (χ2v) is 7.11. The van der Waals surface area contributed by atoms with Crippen LogP contribution in [-0.4, -0.2) is 41.4 Å². The van der Waals surface area contributed by atoms with Crippen LogP contribution in [0.4, 0.5) is 4.39 Å². The number of nitrogens with one attached hydrogen (secondary N) is 1. The van der Waals surface area contributed by atoms with Crippen LogP contribution < -0.4 is 0 Å². The zero-order valence-corrected chi connectivity index (χ0v) is 16.5. The van der Waals surface area contributed by atoms with Gasteiger partial charge in [0.05, 0.1) is 0 Å². The number of aliphatic hydroxyl groups is 1. The first-order valence-corrected chi connectivity index (χ1v) is 9.93. The Morgan fingerprint density at radius 2 is 1.74 bits per heavy atom. The fraction of sp³-hybridized carbons (Fsp3) is 0.130. The predicted molar refractivity (Wildman–Crippen MR) is 115 cm³/mol. The van der Waals surface area contributed by atoms with Crippen LogP contribution >= 0.6 is 0 Å². The highest BCUT2D eigenvalue weighted by atomic mass is 19.1. The van der Waals surface area contributed by atoms with Crippen LogP contribution in [0, 0.1) is 5.82 Å². The SMILES string of the molecule is OCCCn1cc(-c2ncnc3nc(-c4ccccc4)[nH]c23)c(-c2ccc(F)cc2)n1. The third-order valence-corrected chi connectivity index (χ3v) is 5.02. The van der Waals surface area contributed by atoms with Gasteiger partial charge in [-0.2, -0.15) is 5.10 Å². The van der Waals surface area contributed by atoms with Gasteiger partial charge in [-0.1, -0.05) is 30.3 Å². The molecule has 0 radical (unpaired) electrons. The molecule has 0 atom stereocenters. The number of rotatable bonds is 6. The van der Waals surface area contributed by atoms with E-state index in [-0.39, 0.29) is 12.4 Å². The summed E-state index contributed by atoms with van der Waals surface area (Å²) in [4.78, 5) is 16.8. The molecule has 154 valence electrons. The maximum Gasteiger partial charge on any atom is 0.181 e. The predicted octanol–water partition coefficient (Wildman–Crippen LogP) is 4.07. The van der Waals surface area contributed by atoms with Crippen molar-refractivity contribution in [3.63, 3.8) is 0 Å². The van der Waals surface area contributed by atoms with Gasteiger partial charge in [0.15, 0.2) is 5.65 Å². The lowest BCUT2D eigenvalue weighted by molar-refractivity contribution is 0.277. The van der Waals surface area contributed by atoms with Crippen molar-refractivity contribution in [3.8, 4) is 33.9 Å². The van der Waals surface area contributed by atoms with Crippen molar-refractivity contribution in [1.29, 1.82) is 0 Å². The van der Waals surface area contributed by atoms with E-state index >= 15 is 0 Å². The van der Waals surface area contributed by atoms with Crippen molar-refractivity contribution in [2.45, 2.75) is 13.0 Å². The second-order valence-electron chi connectivity index (χ2n) is 7.11. The molecule has 3 heterocycles. The van der Waals surface area contributed by atoms with Crippen molar-refractivity contribution in [3.05, 3.63) is 72.9 Å². The van der Waals surface area contributed by atoms with Crippen LogP contribution in [0.2, 0.25) is 0 Å². The number of aliphatic hydroxyl groups excluding tert-OH is 1. The molecule has 0 bridgehead atoms. The average Bonchev–Trinajstić information content (AvgIpc) is 3.43. The third kappa shape index (κ3) is 3.69. The third-order valence-electron chi connectivity index (χ3n) is 5.02. The van der Waals surface area contributed by atoms with Gasteiger partial charge in [-0.3, -0.25) is 4.68 Å². The number of hydrogen-bond acceptors (Lipinski definition) is 5. The summed E-state index contributed by atoms with van der Waals surface area (Å²) in [6, 6.07) is 16.0. The molecule has 2 N–H and O–H groups in total. The van der Waals surface area contributed by atoms with Crippen molar-refractivity contribution in [2.75, 3.05) is 6.61 Å². The van der Waals surface area contributed by atoms with Crippen LogP contribution in [0.15, 0.2) is 67.1 Å². The Bertz CT molecular complexity index is 1330. The van der Waals surface area contributed by atoms with Gasteiger partial charge in [-0.25, -0.2) is 19.3 Å². The molecule has 0 aliphatic carbocycles. The summed E-state index contributed by atoms with van der Waals surface area (Å²) < 4.78 is 15.3. The number of aromatic nitrogens is 6. The smallest absolute Gasteiger partial charge is 0.181 e. The van der Waals surface area contributed by atoms with Gasteiger partial charge < -0.3 is 10.1 Å². The lowest BCUT2D eigenvalue weighted by Crippen LogP contribution is -2.00. The highest BCUT2D eigenvalue weighted by molar-refractivity contribution is 5.93. The van der Waals surface area contributed by atoms with E-state index in [0.717, 1.165) is 16.7 Å². The van der Waals surface area contributed by atoms with Crippen LogP contribution in [0.3, 0.4) is 0 Å². The molecule has 3 aromatic heterocycles. The number of imidazole rings is 1. The summed E-state index contributed by atoms with van der Waals surface area (Å²) in [5.74, 6) is 0.392. The Morgan fingerprint density at radius 1 is 0.935 bits per heavy atom. The molecule has 0 aliphatic heterocycles. The highest BCUT2D eigenvalue weighted by Crippen LogP contribution is 2.34. The Kier molecular flexibility index (Phi) is 4.97. The largest absolute Gasteiger partial charge is 0.396 e. The lowest BCUT2D eigenvalue weighted by Gasteiger charge is -2.03. The highest BCUT2D eigenvalue weighted by Gasteiger charge is 2.19. The topological polar surface area (TPSA) is 92.5 Å². The minimum absolute atomic E-state index is 0.0693. The van der Waals surface area contributed by atoms with Gasteiger partial charge in [0.1, 0.15) is 34.9 Å². The number of aryl methyl sites for hydroxylation is 1. The van der Waals surface area contributed by atoms with Crippen molar-refractivity contribution >= 4 is 11.2 Å².